The Hall–Kier alpha value is -1.00. The number of hydrogen-bond donors (Lipinski definition) is 1. The fourth-order valence-corrected chi connectivity index (χ4v) is 1.97. The van der Waals surface area contributed by atoms with Crippen molar-refractivity contribution in [3.63, 3.8) is 0 Å². The lowest BCUT2D eigenvalue weighted by Crippen LogP contribution is -2.38. The van der Waals surface area contributed by atoms with Gasteiger partial charge in [-0.3, -0.25) is 4.79 Å². The molecule has 1 aromatic rings. The Morgan fingerprint density at radius 2 is 2.24 bits per heavy atom. The van der Waals surface area contributed by atoms with Gasteiger partial charge in [0.1, 0.15) is 5.69 Å². The Bertz CT molecular complexity index is 388. The van der Waals surface area contributed by atoms with Crippen LogP contribution < -0.4 is 0 Å². The Morgan fingerprint density at radius 3 is 2.65 bits per heavy atom. The van der Waals surface area contributed by atoms with Crippen LogP contribution in [0.3, 0.4) is 0 Å². The van der Waals surface area contributed by atoms with Gasteiger partial charge in [0.05, 0.1) is 5.02 Å². The molecule has 0 bridgehead atoms. The molecule has 96 valence electrons. The number of aliphatic hydroxyl groups is 1. The molecule has 0 saturated carbocycles. The molecule has 0 unspecified atom stereocenters. The molecule has 1 amide bonds. The summed E-state index contributed by atoms with van der Waals surface area (Å²) in [5, 5.41) is 9.40. The lowest BCUT2D eigenvalue weighted by atomic mass is 10.2. The van der Waals surface area contributed by atoms with Crippen molar-refractivity contribution in [3.05, 3.63) is 23.0 Å². The fraction of sp³-hybridized carbons (Fsp3) is 0.583. The summed E-state index contributed by atoms with van der Waals surface area (Å²) < 4.78 is 1.72. The van der Waals surface area contributed by atoms with Crippen molar-refractivity contribution in [3.8, 4) is 0 Å². The van der Waals surface area contributed by atoms with Crippen LogP contribution in [-0.4, -0.2) is 39.7 Å². The highest BCUT2D eigenvalue weighted by molar-refractivity contribution is 6.31. The van der Waals surface area contributed by atoms with E-state index >= 15 is 0 Å². The lowest BCUT2D eigenvalue weighted by Gasteiger charge is -2.26. The Morgan fingerprint density at radius 1 is 1.59 bits per heavy atom. The van der Waals surface area contributed by atoms with Crippen LogP contribution in [-0.2, 0) is 7.05 Å². The highest BCUT2D eigenvalue weighted by Crippen LogP contribution is 2.16. The first kappa shape index (κ1) is 14.1. The molecule has 0 aliphatic heterocycles. The molecule has 0 aliphatic rings. The number of carbonyl (C=O) groups excluding carboxylic acids is 1. The molecule has 1 rings (SSSR count). The maximum Gasteiger partial charge on any atom is 0.270 e. The largest absolute Gasteiger partial charge is 0.396 e. The average Bonchev–Trinajstić information content (AvgIpc) is 2.57. The molecule has 0 spiro atoms. The molecule has 0 saturated heterocycles. The molecule has 0 radical (unpaired) electrons. The highest BCUT2D eigenvalue weighted by atomic mass is 35.5. The molecule has 0 atom stereocenters. The van der Waals surface area contributed by atoms with E-state index in [1.807, 2.05) is 13.8 Å². The molecule has 17 heavy (non-hydrogen) atoms. The van der Waals surface area contributed by atoms with Crippen LogP contribution in [0.25, 0.3) is 0 Å². The lowest BCUT2D eigenvalue weighted by molar-refractivity contribution is 0.0683. The SMILES string of the molecule is CC(C)N(CCCO)C(=O)c1cc(Cl)cn1C. The van der Waals surface area contributed by atoms with Crippen molar-refractivity contribution in [2.45, 2.75) is 26.3 Å². The fourth-order valence-electron chi connectivity index (χ4n) is 1.72. The van der Waals surface area contributed by atoms with Crippen molar-refractivity contribution >= 4 is 17.5 Å². The predicted octanol–water partition coefficient (Wildman–Crippen LogP) is 1.91. The number of aryl methyl sites for hydroxylation is 1. The maximum atomic E-state index is 12.3. The van der Waals surface area contributed by atoms with Gasteiger partial charge in [-0.05, 0) is 26.3 Å². The molecule has 0 fully saturated rings. The van der Waals surface area contributed by atoms with Crippen molar-refractivity contribution in [1.82, 2.24) is 9.47 Å². The minimum atomic E-state index is -0.0529. The molecular formula is C12H19ClN2O2. The molecule has 0 aliphatic carbocycles. The second-order valence-corrected chi connectivity index (χ2v) is 4.76. The third-order valence-electron chi connectivity index (χ3n) is 2.63. The van der Waals surface area contributed by atoms with Crippen molar-refractivity contribution in [2.24, 2.45) is 7.05 Å². The second-order valence-electron chi connectivity index (χ2n) is 4.32. The van der Waals surface area contributed by atoms with E-state index in [1.54, 1.807) is 28.8 Å². The number of amides is 1. The number of carbonyl (C=O) groups is 1. The zero-order valence-electron chi connectivity index (χ0n) is 10.5. The standard InChI is InChI=1S/C12H19ClN2O2/c1-9(2)15(5-4-6-16)12(17)11-7-10(13)8-14(11)3/h7-9,16H,4-6H2,1-3H3. The van der Waals surface area contributed by atoms with Crippen LogP contribution in [0.1, 0.15) is 30.8 Å². The normalized spacial score (nSPS) is 10.9. The van der Waals surface area contributed by atoms with Gasteiger partial charge in [-0.2, -0.15) is 0 Å². The van der Waals surface area contributed by atoms with Crippen LogP contribution >= 0.6 is 11.6 Å². The number of rotatable bonds is 5. The Kier molecular flexibility index (Phi) is 5.02. The molecule has 1 N–H and O–H groups in total. The highest BCUT2D eigenvalue weighted by Gasteiger charge is 2.20. The average molecular weight is 259 g/mol. The van der Waals surface area contributed by atoms with Gasteiger partial charge < -0.3 is 14.6 Å². The van der Waals surface area contributed by atoms with Crippen LogP contribution in [0.2, 0.25) is 5.02 Å². The van der Waals surface area contributed by atoms with E-state index in [4.69, 9.17) is 16.7 Å². The van der Waals surface area contributed by atoms with E-state index in [1.165, 1.54) is 0 Å². The first-order valence-corrected chi connectivity index (χ1v) is 6.09. The van der Waals surface area contributed by atoms with Crippen LogP contribution in [0, 0.1) is 0 Å². The smallest absolute Gasteiger partial charge is 0.270 e. The van der Waals surface area contributed by atoms with Gasteiger partial charge >= 0.3 is 0 Å². The Balaban J connectivity index is 2.87. The van der Waals surface area contributed by atoms with E-state index in [0.29, 0.717) is 23.7 Å². The second kappa shape index (κ2) is 6.07. The van der Waals surface area contributed by atoms with Gasteiger partial charge in [-0.1, -0.05) is 11.6 Å². The van der Waals surface area contributed by atoms with E-state index in [-0.39, 0.29) is 18.6 Å². The number of aromatic nitrogens is 1. The van der Waals surface area contributed by atoms with E-state index in [2.05, 4.69) is 0 Å². The van der Waals surface area contributed by atoms with E-state index < -0.39 is 0 Å². The molecule has 1 aromatic heterocycles. The van der Waals surface area contributed by atoms with Gasteiger partial charge in [0.2, 0.25) is 0 Å². The zero-order valence-corrected chi connectivity index (χ0v) is 11.2. The summed E-state index contributed by atoms with van der Waals surface area (Å²) in [6, 6.07) is 1.76. The maximum absolute atomic E-state index is 12.3. The zero-order chi connectivity index (χ0) is 13.0. The number of halogens is 1. The summed E-state index contributed by atoms with van der Waals surface area (Å²) in [5.41, 5.74) is 0.571. The molecule has 4 nitrogen and oxygen atoms in total. The van der Waals surface area contributed by atoms with Crippen molar-refractivity contribution in [2.75, 3.05) is 13.2 Å². The molecule has 1 heterocycles. The summed E-state index contributed by atoms with van der Waals surface area (Å²) in [7, 11) is 1.80. The number of aliphatic hydroxyl groups excluding tert-OH is 1. The van der Waals surface area contributed by atoms with E-state index in [9.17, 15) is 4.79 Å². The van der Waals surface area contributed by atoms with Gasteiger partial charge in [0.25, 0.3) is 5.91 Å². The first-order valence-electron chi connectivity index (χ1n) is 5.71. The topological polar surface area (TPSA) is 45.5 Å². The predicted molar refractivity (Wildman–Crippen MR) is 68.3 cm³/mol. The van der Waals surface area contributed by atoms with Crippen LogP contribution in [0.15, 0.2) is 12.3 Å². The van der Waals surface area contributed by atoms with Crippen LogP contribution in [0.4, 0.5) is 0 Å². The van der Waals surface area contributed by atoms with Gasteiger partial charge in [-0.25, -0.2) is 0 Å². The number of nitrogens with zero attached hydrogens (tertiary/aromatic N) is 2. The van der Waals surface area contributed by atoms with Crippen LogP contribution in [0.5, 0.6) is 0 Å². The third kappa shape index (κ3) is 3.48. The monoisotopic (exact) mass is 258 g/mol. The minimum Gasteiger partial charge on any atom is -0.396 e. The summed E-state index contributed by atoms with van der Waals surface area (Å²) in [6.07, 6.45) is 2.29. The van der Waals surface area contributed by atoms with Crippen molar-refractivity contribution < 1.29 is 9.90 Å². The van der Waals surface area contributed by atoms with E-state index in [0.717, 1.165) is 0 Å². The van der Waals surface area contributed by atoms with Gasteiger partial charge in [0.15, 0.2) is 0 Å². The molecule has 5 heteroatoms. The molecular weight excluding hydrogens is 240 g/mol. The summed E-state index contributed by atoms with van der Waals surface area (Å²) >= 11 is 5.87. The van der Waals surface area contributed by atoms with Gasteiger partial charge in [-0.15, -0.1) is 0 Å². The van der Waals surface area contributed by atoms with Crippen molar-refractivity contribution in [1.29, 1.82) is 0 Å². The quantitative estimate of drug-likeness (QED) is 0.877. The summed E-state index contributed by atoms with van der Waals surface area (Å²) in [5.74, 6) is -0.0529. The third-order valence-corrected chi connectivity index (χ3v) is 2.84. The molecule has 0 aromatic carbocycles. The summed E-state index contributed by atoms with van der Waals surface area (Å²) in [4.78, 5) is 14.0. The summed E-state index contributed by atoms with van der Waals surface area (Å²) in [6.45, 7) is 4.56. The first-order chi connectivity index (χ1) is 7.97. The number of hydrogen-bond acceptors (Lipinski definition) is 2. The Labute approximate surface area is 107 Å². The minimum absolute atomic E-state index is 0.0529. The van der Waals surface area contributed by atoms with Gasteiger partial charge in [0, 0.05) is 32.4 Å².